The van der Waals surface area contributed by atoms with Gasteiger partial charge in [-0.1, -0.05) is 363 Å². The van der Waals surface area contributed by atoms with Gasteiger partial charge in [0.15, 0.2) is 0 Å². The lowest BCUT2D eigenvalue weighted by Crippen LogP contribution is -2.32. The van der Waals surface area contributed by atoms with E-state index in [-0.39, 0.29) is 21.7 Å². The van der Waals surface area contributed by atoms with Gasteiger partial charge in [0.25, 0.3) is 0 Å². The molecule has 2 aliphatic heterocycles. The second-order valence-electron chi connectivity index (χ2n) is 36.7. The predicted molar refractivity (Wildman–Crippen MR) is 511 cm³/mol. The summed E-state index contributed by atoms with van der Waals surface area (Å²) in [7, 11) is 0. The van der Waals surface area contributed by atoms with E-state index in [9.17, 15) is 0 Å². The van der Waals surface area contributed by atoms with Gasteiger partial charge in [0.05, 0.1) is 10.8 Å². The van der Waals surface area contributed by atoms with Crippen molar-refractivity contribution < 1.29 is 9.47 Å². The van der Waals surface area contributed by atoms with Crippen LogP contribution in [-0.2, 0) is 32.5 Å². The molecule has 2 heterocycles. The molecule has 4 nitrogen and oxygen atoms in total. The molecule has 588 valence electrons. The topological polar surface area (TPSA) is 33.7 Å². The Morgan fingerprint density at radius 3 is 0.886 bits per heavy atom. The molecular weight excluding hydrogens is 1560 g/mol. The number of fused-ring (bicyclic) bond motifs is 34. The fourth-order valence-corrected chi connectivity index (χ4v) is 23.6. The van der Waals surface area contributed by atoms with Crippen molar-refractivity contribution in [3.05, 3.63) is 470 Å². The molecule has 0 fully saturated rings. The molecule has 2 unspecified atom stereocenters. The van der Waals surface area contributed by atoms with Crippen molar-refractivity contribution in [3.63, 3.8) is 0 Å². The number of nitrogens with zero attached hydrogens (tertiary/aromatic N) is 1. The summed E-state index contributed by atoms with van der Waals surface area (Å²) in [6.07, 6.45) is 0. The molecular formula is C118H87BrN2O2. The van der Waals surface area contributed by atoms with Gasteiger partial charge < -0.3 is 19.7 Å². The zero-order valence-electron chi connectivity index (χ0n) is 69.9. The SMILES string of the molecule is Brc1ccc2c(c1)C1(c3ccccc3Oc3c1ccc1ccccc31)c1ccccc1-2.CC1(C)c2ccccc2-c2ccc(N(c3ccc4c(c3)C(C)(C)c3ccccc3-4)c3ccc4c(c3)C3(c5ccccc5Oc5c3ccc3ccccc53)c3ccccc3-4)cc21.CC1(C)c2ccccc2-c2ccc(Nc3ccc4c(c3)C(C)(C)c3ccccc3-4)cc21. The van der Waals surface area contributed by atoms with Crippen LogP contribution in [0.15, 0.2) is 381 Å². The number of rotatable bonds is 5. The molecule has 0 aromatic heterocycles. The van der Waals surface area contributed by atoms with E-state index in [1.54, 1.807) is 0 Å². The van der Waals surface area contributed by atoms with Crippen LogP contribution < -0.4 is 19.7 Å². The van der Waals surface area contributed by atoms with Crippen molar-refractivity contribution in [1.29, 1.82) is 0 Å². The highest BCUT2D eigenvalue weighted by atomic mass is 79.9. The molecule has 0 radical (unpaired) electrons. The smallest absolute Gasteiger partial charge is 0.140 e. The predicted octanol–water partition coefficient (Wildman–Crippen LogP) is 31.5. The van der Waals surface area contributed by atoms with Crippen LogP contribution in [0.3, 0.4) is 0 Å². The van der Waals surface area contributed by atoms with E-state index in [4.69, 9.17) is 9.47 Å². The zero-order valence-corrected chi connectivity index (χ0v) is 71.5. The Labute approximate surface area is 727 Å². The van der Waals surface area contributed by atoms with Crippen LogP contribution in [-0.4, -0.2) is 0 Å². The summed E-state index contributed by atoms with van der Waals surface area (Å²) in [5, 5.41) is 8.33. The molecule has 0 saturated carbocycles. The monoisotopic (exact) mass is 1640 g/mol. The Balaban J connectivity index is 0.000000115. The van der Waals surface area contributed by atoms with Crippen LogP contribution >= 0.6 is 15.9 Å². The van der Waals surface area contributed by atoms with E-state index in [0.717, 1.165) is 66.7 Å². The summed E-state index contributed by atoms with van der Waals surface area (Å²) in [5.74, 6) is 3.72. The van der Waals surface area contributed by atoms with Crippen LogP contribution in [0.5, 0.6) is 23.0 Å². The summed E-state index contributed by atoms with van der Waals surface area (Å²) >= 11 is 3.75. The van der Waals surface area contributed by atoms with Crippen molar-refractivity contribution in [1.82, 2.24) is 0 Å². The largest absolute Gasteiger partial charge is 0.456 e. The molecule has 18 aromatic carbocycles. The molecule has 1 N–H and O–H groups in total. The number of nitrogens with one attached hydrogen (secondary N) is 1. The third kappa shape index (κ3) is 10.3. The summed E-state index contributed by atoms with van der Waals surface area (Å²) in [5.41, 5.74) is 41.3. The first-order valence-electron chi connectivity index (χ1n) is 43.2. The van der Waals surface area contributed by atoms with Gasteiger partial charge in [-0.25, -0.2) is 0 Å². The molecule has 2 spiro atoms. The minimum absolute atomic E-state index is 0.0190. The Bertz CT molecular complexity index is 7390. The maximum Gasteiger partial charge on any atom is 0.140 e. The fourth-order valence-electron chi connectivity index (χ4n) is 23.2. The van der Waals surface area contributed by atoms with Gasteiger partial charge in [-0.2, -0.15) is 0 Å². The van der Waals surface area contributed by atoms with Crippen LogP contribution in [0, 0.1) is 0 Å². The number of anilines is 5. The van der Waals surface area contributed by atoms with Crippen molar-refractivity contribution in [3.8, 4) is 89.8 Å². The van der Waals surface area contributed by atoms with Crippen molar-refractivity contribution in [2.45, 2.75) is 87.9 Å². The summed E-state index contributed by atoms with van der Waals surface area (Å²) < 4.78 is 14.7. The Hall–Kier alpha value is -13.8. The number of para-hydroxylation sites is 2. The van der Waals surface area contributed by atoms with Crippen LogP contribution in [0.1, 0.15) is 144 Å². The number of halogens is 1. The molecule has 2 atom stereocenters. The minimum Gasteiger partial charge on any atom is -0.456 e. The Kier molecular flexibility index (Phi) is 15.8. The van der Waals surface area contributed by atoms with E-state index in [2.05, 4.69) is 458 Å². The van der Waals surface area contributed by atoms with Crippen LogP contribution in [0.2, 0.25) is 0 Å². The lowest BCUT2D eigenvalue weighted by atomic mass is 9.65. The zero-order chi connectivity index (χ0) is 82.8. The second-order valence-corrected chi connectivity index (χ2v) is 37.6. The standard InChI is InChI=1S/C59H43NO.C30H27N.C29H17BrO/c1-57(2)47-20-10-7-17-41(47)44-29-26-37(33-52(44)57)60(38-27-30-45-42-18-8-11-21-48(42)58(3,4)53(45)34-38)39-28-31-46-43-19-9-12-22-49(43)59(54(46)35-39)50-23-13-14-24-55(50)61-56-40-16-6-5-15-36(40)25-32-51(56)59;1-29(2)25-11-7-5-9-21(25)23-15-13-19(17-27(23)29)31-20-14-16-24-22-10-6-8-12-26(22)30(3,4)28(24)18-20;30-19-14-15-22-21-9-3-4-10-23(21)29(26(22)17-19)24-11-5-6-12-27(24)31-28-20-8-2-1-7-18(20)13-16-25(28)29/h5-35H,1-4H3;5-18,31H,1-4H3;1-17H. The van der Waals surface area contributed by atoms with Gasteiger partial charge in [-0.3, -0.25) is 0 Å². The van der Waals surface area contributed by atoms with Crippen molar-refractivity contribution in [2.24, 2.45) is 0 Å². The first-order valence-corrected chi connectivity index (χ1v) is 44.0. The maximum absolute atomic E-state index is 6.99. The average molecular weight is 1640 g/mol. The van der Waals surface area contributed by atoms with Crippen molar-refractivity contribution >= 4 is 65.9 Å². The first-order chi connectivity index (χ1) is 59.9. The van der Waals surface area contributed by atoms with Crippen molar-refractivity contribution in [2.75, 3.05) is 10.2 Å². The first kappa shape index (κ1) is 73.1. The van der Waals surface area contributed by atoms with E-state index in [1.807, 2.05) is 0 Å². The minimum atomic E-state index is -0.606. The lowest BCUT2D eigenvalue weighted by Gasteiger charge is -2.40. The Morgan fingerprint density at radius 2 is 0.496 bits per heavy atom. The summed E-state index contributed by atoms with van der Waals surface area (Å²) in [6.45, 7) is 18.8. The van der Waals surface area contributed by atoms with Gasteiger partial charge in [-0.15, -0.1) is 0 Å². The molecule has 18 aromatic rings. The average Bonchev–Trinajstić information content (AvgIpc) is 1.54. The summed E-state index contributed by atoms with van der Waals surface area (Å²) in [6, 6.07) is 139. The second kappa shape index (κ2) is 26.6. The van der Waals surface area contributed by atoms with Gasteiger partial charge in [0.2, 0.25) is 0 Å². The van der Waals surface area contributed by atoms with E-state index in [0.29, 0.717) is 0 Å². The molecule has 6 aliphatic carbocycles. The maximum atomic E-state index is 6.99. The number of hydrogen-bond donors (Lipinski definition) is 1. The molecule has 0 bridgehead atoms. The van der Waals surface area contributed by atoms with Crippen LogP contribution in [0.25, 0.3) is 88.3 Å². The lowest BCUT2D eigenvalue weighted by molar-refractivity contribution is 0.441. The third-order valence-electron chi connectivity index (χ3n) is 29.0. The molecule has 26 rings (SSSR count). The van der Waals surface area contributed by atoms with E-state index < -0.39 is 10.8 Å². The number of ether oxygens (including phenoxy) is 2. The van der Waals surface area contributed by atoms with E-state index in [1.165, 1.54) is 167 Å². The summed E-state index contributed by atoms with van der Waals surface area (Å²) in [4.78, 5) is 2.52. The van der Waals surface area contributed by atoms with Gasteiger partial charge in [0.1, 0.15) is 23.0 Å². The third-order valence-corrected chi connectivity index (χ3v) is 29.5. The number of benzene rings is 18. The highest BCUT2D eigenvalue weighted by molar-refractivity contribution is 9.10. The highest BCUT2D eigenvalue weighted by Crippen LogP contribution is 2.67. The Morgan fingerprint density at radius 1 is 0.220 bits per heavy atom. The van der Waals surface area contributed by atoms with E-state index >= 15 is 0 Å². The fraction of sp³-hybridized carbons (Fsp3) is 0.119. The molecule has 8 aliphatic rings. The van der Waals surface area contributed by atoms with Gasteiger partial charge in [0, 0.05) is 87.6 Å². The van der Waals surface area contributed by atoms with Crippen LogP contribution in [0.4, 0.5) is 28.4 Å². The van der Waals surface area contributed by atoms with Gasteiger partial charge in [-0.05, 0) is 229 Å². The highest BCUT2D eigenvalue weighted by Gasteiger charge is 2.54. The molecule has 0 amide bonds. The van der Waals surface area contributed by atoms with Gasteiger partial charge >= 0.3 is 0 Å². The molecule has 123 heavy (non-hydrogen) atoms. The molecule has 5 heteroatoms. The number of hydrogen-bond acceptors (Lipinski definition) is 4. The molecule has 0 saturated heterocycles. The normalized spacial score (nSPS) is 17.1. The quantitative estimate of drug-likeness (QED) is 0.186.